The average molecular weight is 754 g/mol. The van der Waals surface area contributed by atoms with Gasteiger partial charge in [0, 0.05) is 55.8 Å². The van der Waals surface area contributed by atoms with Crippen molar-refractivity contribution in [3.63, 3.8) is 0 Å². The van der Waals surface area contributed by atoms with E-state index in [1.807, 2.05) is 61.6 Å². The van der Waals surface area contributed by atoms with E-state index < -0.39 is 0 Å². The number of ether oxygens (including phenoxy) is 3. The van der Waals surface area contributed by atoms with Crippen molar-refractivity contribution < 1.29 is 14.2 Å². The Balaban J connectivity index is 0.000000186. The monoisotopic (exact) mass is 753 g/mol. The summed E-state index contributed by atoms with van der Waals surface area (Å²) in [5.74, 6) is 0. The Morgan fingerprint density at radius 3 is 1.67 bits per heavy atom. The third-order valence-corrected chi connectivity index (χ3v) is 13.6. The minimum atomic E-state index is 0.107. The Morgan fingerprint density at radius 2 is 1.18 bits per heavy atom. The second-order valence-corrected chi connectivity index (χ2v) is 17.9. The van der Waals surface area contributed by atoms with Crippen LogP contribution in [0.2, 0.25) is 0 Å². The molecule has 3 aromatic rings. The molecule has 12 heteroatoms. The van der Waals surface area contributed by atoms with Crippen LogP contribution in [0.15, 0.2) is 99.6 Å². The molecule has 0 aromatic heterocycles. The first-order chi connectivity index (χ1) is 21.8. The first-order valence-corrected chi connectivity index (χ1v) is 21.7. The third-order valence-electron chi connectivity index (χ3n) is 5.52. The lowest BCUT2D eigenvalue weighted by Gasteiger charge is -2.24. The number of rotatable bonds is 8. The molecule has 0 bridgehead atoms. The van der Waals surface area contributed by atoms with Gasteiger partial charge in [-0.25, -0.2) is 4.31 Å². The molecule has 1 heterocycles. The van der Waals surface area contributed by atoms with Crippen LogP contribution < -0.4 is 0 Å². The van der Waals surface area contributed by atoms with Crippen molar-refractivity contribution in [2.75, 3.05) is 26.3 Å². The van der Waals surface area contributed by atoms with E-state index in [0.717, 1.165) is 32.7 Å². The summed E-state index contributed by atoms with van der Waals surface area (Å²) in [4.78, 5) is 4.05. The summed E-state index contributed by atoms with van der Waals surface area (Å²) in [7, 11) is 9.97. The smallest absolute Gasteiger partial charge is 0.231 e. The van der Waals surface area contributed by atoms with Crippen molar-refractivity contribution in [2.24, 2.45) is 0 Å². The number of benzene rings is 3. The number of fused-ring (bicyclic) bond motifs is 1. The first kappa shape index (κ1) is 38.6. The molecule has 4 nitrogen and oxygen atoms in total. The number of hydrogen-bond donors (Lipinski definition) is 0. The van der Waals surface area contributed by atoms with Crippen LogP contribution in [0, 0.1) is 0 Å². The molecule has 1 aliphatic carbocycles. The molecule has 45 heavy (non-hydrogen) atoms. The Morgan fingerprint density at radius 1 is 0.689 bits per heavy atom. The van der Waals surface area contributed by atoms with Crippen molar-refractivity contribution in [1.29, 1.82) is 0 Å². The van der Waals surface area contributed by atoms with Gasteiger partial charge in [-0.1, -0.05) is 82.3 Å². The Bertz CT molecular complexity index is 1260. The summed E-state index contributed by atoms with van der Waals surface area (Å²) in [5.41, 5.74) is 2.84. The highest BCUT2D eigenvalue weighted by Gasteiger charge is 2.16. The molecule has 0 radical (unpaired) electrons. The Labute approximate surface area is 303 Å². The van der Waals surface area contributed by atoms with Crippen LogP contribution in [-0.2, 0) is 20.6 Å². The lowest BCUT2D eigenvalue weighted by molar-refractivity contribution is 0.0779. The van der Waals surface area contributed by atoms with Crippen LogP contribution in [0.4, 0.5) is 0 Å². The van der Waals surface area contributed by atoms with Crippen LogP contribution in [0.5, 0.6) is 0 Å². The molecule has 1 aliphatic heterocycles. The van der Waals surface area contributed by atoms with E-state index >= 15 is 0 Å². The standard InChI is InChI=1S/C13H15NOS2.C12H10S2.C8H14O2S4/c1-2-4-12-10-13(9-11(12)3-1)16-17-14-5-7-15-8-6-14;1-3-7-11(8-4-1)13-14-12-9-5-2-6-10-12;1-5(2)9-7(11)13-14-8(12)10-6(3)4/h1-4,9H,5-8,10H2;1-10H;5-6H,1-4H3. The molecule has 5 rings (SSSR count). The van der Waals surface area contributed by atoms with Gasteiger partial charge in [0.05, 0.1) is 25.4 Å². The summed E-state index contributed by atoms with van der Waals surface area (Å²) in [5, 5.41) is 0. The highest BCUT2D eigenvalue weighted by molar-refractivity contribution is 8.89. The maximum absolute atomic E-state index is 5.34. The highest BCUT2D eigenvalue weighted by Crippen LogP contribution is 2.40. The summed E-state index contributed by atoms with van der Waals surface area (Å²) in [6.07, 6.45) is 3.62. The van der Waals surface area contributed by atoms with Gasteiger partial charge in [0.2, 0.25) is 8.77 Å². The maximum atomic E-state index is 5.34. The molecular weight excluding hydrogens is 715 g/mol. The molecule has 1 saturated heterocycles. The van der Waals surface area contributed by atoms with Crippen LogP contribution in [-0.4, -0.2) is 51.6 Å². The molecule has 2 aliphatic rings. The van der Waals surface area contributed by atoms with Gasteiger partial charge < -0.3 is 14.2 Å². The lowest BCUT2D eigenvalue weighted by Crippen LogP contribution is -2.30. The summed E-state index contributed by atoms with van der Waals surface area (Å²) < 4.78 is 19.2. The van der Waals surface area contributed by atoms with Gasteiger partial charge in [0.25, 0.3) is 0 Å². The molecule has 0 N–H and O–H groups in total. The molecule has 0 spiro atoms. The number of allylic oxidation sites excluding steroid dienone is 1. The van der Waals surface area contributed by atoms with Crippen LogP contribution in [0.3, 0.4) is 0 Å². The number of nitrogens with zero attached hydrogens (tertiary/aromatic N) is 1. The molecule has 3 aromatic carbocycles. The largest absolute Gasteiger partial charge is 0.475 e. The highest BCUT2D eigenvalue weighted by atomic mass is 33.1. The fourth-order valence-electron chi connectivity index (χ4n) is 3.56. The SMILES string of the molecule is C1=C(SSN2CCOCC2)Cc2ccccc21.CC(C)OC(=S)SSC(=S)OC(C)C.c1ccc(SSc2ccccc2)cc1. The Kier molecular flexibility index (Phi) is 19.5. The van der Waals surface area contributed by atoms with E-state index in [1.165, 1.54) is 47.4 Å². The minimum absolute atomic E-state index is 0.107. The van der Waals surface area contributed by atoms with Gasteiger partial charge >= 0.3 is 0 Å². The molecule has 242 valence electrons. The second-order valence-electron chi connectivity index (χ2n) is 9.98. The number of thiocarbonyl (C=S) groups is 2. The third kappa shape index (κ3) is 17.2. The normalized spacial score (nSPS) is 14.0. The fraction of sp³-hybridized carbons (Fsp3) is 0.333. The number of hydrogen-bond acceptors (Lipinski definition) is 12. The maximum Gasteiger partial charge on any atom is 0.231 e. The van der Waals surface area contributed by atoms with Crippen LogP contribution >= 0.6 is 89.4 Å². The van der Waals surface area contributed by atoms with Crippen molar-refractivity contribution in [3.8, 4) is 0 Å². The zero-order valence-electron chi connectivity index (χ0n) is 25.8. The van der Waals surface area contributed by atoms with Gasteiger partial charge in [-0.15, -0.1) is 0 Å². The van der Waals surface area contributed by atoms with Crippen molar-refractivity contribution in [3.05, 3.63) is 101 Å². The van der Waals surface area contributed by atoms with E-state index in [-0.39, 0.29) is 12.2 Å². The van der Waals surface area contributed by atoms with E-state index in [1.54, 1.807) is 21.6 Å². The number of morpholine rings is 1. The summed E-state index contributed by atoms with van der Waals surface area (Å²) in [6, 6.07) is 29.5. The van der Waals surface area contributed by atoms with E-state index in [4.69, 9.17) is 38.6 Å². The van der Waals surface area contributed by atoms with Crippen molar-refractivity contribution in [2.45, 2.75) is 56.1 Å². The first-order valence-electron chi connectivity index (χ1n) is 14.4. The lowest BCUT2D eigenvalue weighted by atomic mass is 10.1. The minimum Gasteiger partial charge on any atom is -0.475 e. The van der Waals surface area contributed by atoms with Gasteiger partial charge in [-0.3, -0.25) is 0 Å². The average Bonchev–Trinajstić information content (AvgIpc) is 3.47. The van der Waals surface area contributed by atoms with E-state index in [9.17, 15) is 0 Å². The predicted molar refractivity (Wildman–Crippen MR) is 213 cm³/mol. The molecule has 0 atom stereocenters. The summed E-state index contributed by atoms with van der Waals surface area (Å²) >= 11 is 9.93. The van der Waals surface area contributed by atoms with Crippen LogP contribution in [0.25, 0.3) is 6.08 Å². The molecule has 1 fully saturated rings. The van der Waals surface area contributed by atoms with Crippen molar-refractivity contribution >= 4 is 104 Å². The van der Waals surface area contributed by atoms with Gasteiger partial charge in [0.1, 0.15) is 0 Å². The summed E-state index contributed by atoms with van der Waals surface area (Å²) in [6.45, 7) is 11.5. The quantitative estimate of drug-likeness (QED) is 0.125. The van der Waals surface area contributed by atoms with Gasteiger partial charge in [0.15, 0.2) is 0 Å². The Hall–Kier alpha value is -0.800. The van der Waals surface area contributed by atoms with Gasteiger partial charge in [-0.2, -0.15) is 0 Å². The molecule has 0 saturated carbocycles. The van der Waals surface area contributed by atoms with E-state index in [0.29, 0.717) is 8.77 Å². The molecular formula is C33H39NO3S8. The zero-order valence-corrected chi connectivity index (χ0v) is 32.3. The fourth-order valence-corrected chi connectivity index (χ4v) is 10.0. The van der Waals surface area contributed by atoms with Gasteiger partial charge in [-0.05, 0) is 115 Å². The van der Waals surface area contributed by atoms with Crippen LogP contribution in [0.1, 0.15) is 38.8 Å². The topological polar surface area (TPSA) is 30.9 Å². The molecule has 0 amide bonds. The predicted octanol–water partition coefficient (Wildman–Crippen LogP) is 11.5. The second kappa shape index (κ2) is 22.7. The molecule has 0 unspecified atom stereocenters. The van der Waals surface area contributed by atoms with Crippen molar-refractivity contribution in [1.82, 2.24) is 4.31 Å². The zero-order chi connectivity index (χ0) is 32.3. The van der Waals surface area contributed by atoms with E-state index in [2.05, 4.69) is 83.2 Å².